The molecule has 1 N–H and O–H groups in total. The highest BCUT2D eigenvalue weighted by molar-refractivity contribution is 7.10. The van der Waals surface area contributed by atoms with Crippen molar-refractivity contribution in [3.63, 3.8) is 0 Å². The Labute approximate surface area is 186 Å². The van der Waals surface area contributed by atoms with E-state index in [9.17, 15) is 14.9 Å². The molecule has 2 aromatic rings. The smallest absolute Gasteiger partial charge is 0.303 e. The maximum Gasteiger partial charge on any atom is 0.303 e. The number of carboxylic acid groups (broad SMARTS) is 1. The highest BCUT2D eigenvalue weighted by atomic mass is 32.1. The molecule has 1 aromatic heterocycles. The van der Waals surface area contributed by atoms with Crippen LogP contribution in [-0.4, -0.2) is 46.0 Å². The Hall–Kier alpha value is -2.32. The number of thiazole rings is 1. The highest BCUT2D eigenvalue weighted by Gasteiger charge is 2.27. The van der Waals surface area contributed by atoms with Gasteiger partial charge in [0.05, 0.1) is 21.2 Å². The summed E-state index contributed by atoms with van der Waals surface area (Å²) in [4.78, 5) is 29.4. The van der Waals surface area contributed by atoms with Crippen LogP contribution < -0.4 is 0 Å². The summed E-state index contributed by atoms with van der Waals surface area (Å²) in [5.41, 5.74) is 3.76. The van der Waals surface area contributed by atoms with Gasteiger partial charge in [-0.1, -0.05) is 0 Å². The number of nitro benzene ring substituents is 1. The molecule has 0 amide bonds. The van der Waals surface area contributed by atoms with E-state index in [1.54, 1.807) is 17.4 Å². The van der Waals surface area contributed by atoms with Gasteiger partial charge in [-0.3, -0.25) is 14.9 Å². The van der Waals surface area contributed by atoms with E-state index in [0.29, 0.717) is 23.1 Å². The first-order valence-electron chi connectivity index (χ1n) is 11.1. The third-order valence-corrected chi connectivity index (χ3v) is 7.81. The van der Waals surface area contributed by atoms with E-state index >= 15 is 0 Å². The number of nitro groups is 1. The Morgan fingerprint density at radius 3 is 2.55 bits per heavy atom. The molecule has 7 nitrogen and oxygen atoms in total. The number of likely N-dealkylation sites (N-methyl/N-ethyl adjacent to an activating group) is 1. The minimum atomic E-state index is -0.722. The van der Waals surface area contributed by atoms with E-state index in [0.717, 1.165) is 68.6 Å². The zero-order valence-electron chi connectivity index (χ0n) is 17.9. The Kier molecular flexibility index (Phi) is 6.67. The van der Waals surface area contributed by atoms with Crippen molar-refractivity contribution < 1.29 is 14.8 Å². The third-order valence-electron chi connectivity index (χ3n) is 6.80. The van der Waals surface area contributed by atoms with Crippen molar-refractivity contribution in [3.8, 4) is 11.3 Å². The summed E-state index contributed by atoms with van der Waals surface area (Å²) in [7, 11) is 2.09. The third kappa shape index (κ3) is 5.13. The zero-order chi connectivity index (χ0) is 22.0. The number of aliphatic carboxylic acids is 1. The molecular formula is C23H29N3O4S. The summed E-state index contributed by atoms with van der Waals surface area (Å²) in [5, 5.41) is 23.7. The van der Waals surface area contributed by atoms with Gasteiger partial charge < -0.3 is 10.0 Å². The van der Waals surface area contributed by atoms with Gasteiger partial charge in [-0.05, 0) is 75.1 Å². The van der Waals surface area contributed by atoms with Crippen LogP contribution in [0.3, 0.4) is 0 Å². The number of nitrogens with zero attached hydrogens (tertiary/aromatic N) is 3. The average molecular weight is 444 g/mol. The molecule has 0 bridgehead atoms. The topological polar surface area (TPSA) is 96.6 Å². The van der Waals surface area contributed by atoms with Gasteiger partial charge in [0.2, 0.25) is 0 Å². The maximum absolute atomic E-state index is 11.8. The quantitative estimate of drug-likeness (QED) is 0.504. The predicted octanol–water partition coefficient (Wildman–Crippen LogP) is 4.89. The lowest BCUT2D eigenvalue weighted by atomic mass is 9.80. The first-order valence-corrected chi connectivity index (χ1v) is 11.9. The van der Waals surface area contributed by atoms with Gasteiger partial charge in [0.25, 0.3) is 5.69 Å². The number of hydrogen-bond donors (Lipinski definition) is 1. The lowest BCUT2D eigenvalue weighted by Crippen LogP contribution is -2.20. The second kappa shape index (κ2) is 9.44. The number of benzene rings is 1. The minimum absolute atomic E-state index is 0.150. The molecule has 0 unspecified atom stereocenters. The fourth-order valence-corrected chi connectivity index (χ4v) is 5.85. The van der Waals surface area contributed by atoms with Crippen LogP contribution in [0.25, 0.3) is 11.3 Å². The maximum atomic E-state index is 11.8. The molecule has 1 aliphatic heterocycles. The highest BCUT2D eigenvalue weighted by Crippen LogP contribution is 2.41. The largest absolute Gasteiger partial charge is 0.481 e. The Balaban J connectivity index is 1.52. The second-order valence-corrected chi connectivity index (χ2v) is 9.81. The van der Waals surface area contributed by atoms with Crippen molar-refractivity contribution in [2.75, 3.05) is 20.1 Å². The van der Waals surface area contributed by atoms with Gasteiger partial charge in [-0.2, -0.15) is 0 Å². The summed E-state index contributed by atoms with van der Waals surface area (Å²) in [6, 6.07) is 3.75. The minimum Gasteiger partial charge on any atom is -0.481 e. The van der Waals surface area contributed by atoms with Crippen LogP contribution in [0, 0.1) is 16.0 Å². The molecule has 8 heteroatoms. The van der Waals surface area contributed by atoms with E-state index in [1.807, 2.05) is 11.4 Å². The summed E-state index contributed by atoms with van der Waals surface area (Å²) >= 11 is 1.60. The van der Waals surface area contributed by atoms with Gasteiger partial charge in [-0.25, -0.2) is 4.98 Å². The number of carbonyl (C=O) groups is 1. The van der Waals surface area contributed by atoms with Crippen LogP contribution in [0.15, 0.2) is 17.5 Å². The van der Waals surface area contributed by atoms with Gasteiger partial charge in [0, 0.05) is 36.9 Å². The van der Waals surface area contributed by atoms with E-state index in [4.69, 9.17) is 10.1 Å². The number of aromatic nitrogens is 1. The summed E-state index contributed by atoms with van der Waals surface area (Å²) < 4.78 is 0. The second-order valence-electron chi connectivity index (χ2n) is 8.92. The SMILES string of the molecule is CN1CCc2cc(-c3csc(C4CCC(CCC(=O)O)CC4)n3)c([N+](=O)[O-])cc2CC1. The van der Waals surface area contributed by atoms with Crippen molar-refractivity contribution in [1.29, 1.82) is 0 Å². The molecule has 2 heterocycles. The molecule has 31 heavy (non-hydrogen) atoms. The molecule has 4 rings (SSSR count). The van der Waals surface area contributed by atoms with Crippen LogP contribution in [0.5, 0.6) is 0 Å². The molecule has 0 atom stereocenters. The van der Waals surface area contributed by atoms with E-state index in [2.05, 4.69) is 11.9 Å². The lowest BCUT2D eigenvalue weighted by Gasteiger charge is -2.26. The summed E-state index contributed by atoms with van der Waals surface area (Å²) in [5.74, 6) is 0.129. The summed E-state index contributed by atoms with van der Waals surface area (Å²) in [6.07, 6.45) is 6.80. The fraction of sp³-hybridized carbons (Fsp3) is 0.565. The van der Waals surface area contributed by atoms with E-state index in [-0.39, 0.29) is 17.0 Å². The molecule has 1 fully saturated rings. The van der Waals surface area contributed by atoms with E-state index in [1.165, 1.54) is 5.56 Å². The Morgan fingerprint density at radius 2 is 1.90 bits per heavy atom. The molecule has 1 aromatic carbocycles. The molecule has 2 aliphatic rings. The number of carboxylic acids is 1. The van der Waals surface area contributed by atoms with Gasteiger partial charge in [-0.15, -0.1) is 11.3 Å². The molecular weight excluding hydrogens is 414 g/mol. The number of fused-ring (bicyclic) bond motifs is 1. The molecule has 1 aliphatic carbocycles. The first-order chi connectivity index (χ1) is 14.9. The number of hydrogen-bond acceptors (Lipinski definition) is 6. The molecule has 1 saturated carbocycles. The van der Waals surface area contributed by atoms with Crippen molar-refractivity contribution in [1.82, 2.24) is 9.88 Å². The number of rotatable bonds is 6. The fourth-order valence-electron chi connectivity index (χ4n) is 4.86. The molecule has 0 saturated heterocycles. The Morgan fingerprint density at radius 1 is 1.23 bits per heavy atom. The normalized spacial score (nSPS) is 22.0. The van der Waals surface area contributed by atoms with Crippen LogP contribution in [0.2, 0.25) is 0 Å². The van der Waals surface area contributed by atoms with Crippen molar-refractivity contribution in [3.05, 3.63) is 43.8 Å². The molecule has 0 spiro atoms. The zero-order valence-corrected chi connectivity index (χ0v) is 18.7. The van der Waals surface area contributed by atoms with Gasteiger partial charge in [0.1, 0.15) is 0 Å². The molecule has 166 valence electrons. The van der Waals surface area contributed by atoms with Crippen molar-refractivity contribution >= 4 is 23.0 Å². The summed E-state index contributed by atoms with van der Waals surface area (Å²) in [6.45, 7) is 1.87. The Bertz CT molecular complexity index is 966. The van der Waals surface area contributed by atoms with Crippen LogP contribution in [0.1, 0.15) is 60.6 Å². The monoisotopic (exact) mass is 443 g/mol. The van der Waals surface area contributed by atoms with Gasteiger partial charge >= 0.3 is 5.97 Å². The standard InChI is InChI=1S/C23H29N3O4S/c1-25-10-8-17-12-19(21(26(29)30)13-18(17)9-11-25)20-14-31-23(24-20)16-5-2-15(3-6-16)4-7-22(27)28/h12-16H,2-11H2,1H3,(H,27,28). The predicted molar refractivity (Wildman–Crippen MR) is 121 cm³/mol. The van der Waals surface area contributed by atoms with E-state index < -0.39 is 5.97 Å². The first kappa shape index (κ1) is 21.9. The van der Waals surface area contributed by atoms with Crippen LogP contribution >= 0.6 is 11.3 Å². The van der Waals surface area contributed by atoms with Gasteiger partial charge in [0.15, 0.2) is 0 Å². The van der Waals surface area contributed by atoms with Crippen molar-refractivity contribution in [2.24, 2.45) is 5.92 Å². The lowest BCUT2D eigenvalue weighted by molar-refractivity contribution is -0.384. The molecule has 0 radical (unpaired) electrons. The van der Waals surface area contributed by atoms with Crippen LogP contribution in [0.4, 0.5) is 5.69 Å². The average Bonchev–Trinajstić information content (AvgIpc) is 3.17. The van der Waals surface area contributed by atoms with Crippen molar-refractivity contribution in [2.45, 2.75) is 57.3 Å². The van der Waals surface area contributed by atoms with Crippen LogP contribution in [-0.2, 0) is 17.6 Å².